The number of benzene rings is 2. The molecule has 2 aromatic heterocycles. The van der Waals surface area contributed by atoms with Gasteiger partial charge in [-0.25, -0.2) is 9.37 Å². The summed E-state index contributed by atoms with van der Waals surface area (Å²) >= 11 is 0. The van der Waals surface area contributed by atoms with Crippen LogP contribution in [0.3, 0.4) is 0 Å². The predicted molar refractivity (Wildman–Crippen MR) is 89.2 cm³/mol. The number of halogens is 1. The molecule has 0 spiro atoms. The Balaban J connectivity index is 1.76. The Labute approximate surface area is 136 Å². The third kappa shape index (κ3) is 2.60. The van der Waals surface area contributed by atoms with Crippen LogP contribution in [0.1, 0.15) is 5.76 Å². The third-order valence-electron chi connectivity index (χ3n) is 3.91. The summed E-state index contributed by atoms with van der Waals surface area (Å²) in [6.45, 7) is 0.342. The van der Waals surface area contributed by atoms with Crippen molar-refractivity contribution in [1.29, 1.82) is 0 Å². The van der Waals surface area contributed by atoms with Crippen molar-refractivity contribution in [3.05, 3.63) is 89.1 Å². The Bertz CT molecular complexity index is 1050. The number of rotatable bonds is 3. The standard InChI is InChI=1S/C19H13FN2O2/c20-15-6-3-13(4-7-15)14-5-8-17-18(10-14)21-12-22(19(17)23)11-16-2-1-9-24-16/h1-10,12H,11H2. The monoisotopic (exact) mass is 320 g/mol. The Morgan fingerprint density at radius 1 is 1.04 bits per heavy atom. The number of hydrogen-bond donors (Lipinski definition) is 0. The number of hydrogen-bond acceptors (Lipinski definition) is 3. The maximum absolute atomic E-state index is 13.0. The molecule has 4 rings (SSSR count). The summed E-state index contributed by atoms with van der Waals surface area (Å²) in [7, 11) is 0. The molecule has 0 atom stereocenters. The second-order valence-electron chi connectivity index (χ2n) is 5.50. The molecule has 0 radical (unpaired) electrons. The molecule has 0 bridgehead atoms. The van der Waals surface area contributed by atoms with Gasteiger partial charge in [-0.1, -0.05) is 18.2 Å². The van der Waals surface area contributed by atoms with E-state index < -0.39 is 0 Å². The van der Waals surface area contributed by atoms with Crippen molar-refractivity contribution in [2.75, 3.05) is 0 Å². The molecule has 0 N–H and O–H groups in total. The molecular formula is C19H13FN2O2. The van der Waals surface area contributed by atoms with Gasteiger partial charge < -0.3 is 4.42 Å². The van der Waals surface area contributed by atoms with Gasteiger partial charge in [0.2, 0.25) is 0 Å². The van der Waals surface area contributed by atoms with E-state index in [1.807, 2.05) is 18.2 Å². The molecule has 0 fully saturated rings. The molecule has 0 unspecified atom stereocenters. The predicted octanol–water partition coefficient (Wildman–Crippen LogP) is 3.84. The molecule has 4 nitrogen and oxygen atoms in total. The summed E-state index contributed by atoms with van der Waals surface area (Å²) in [4.78, 5) is 17.0. The number of aromatic nitrogens is 2. The van der Waals surface area contributed by atoms with Gasteiger partial charge in [-0.15, -0.1) is 0 Å². The normalized spacial score (nSPS) is 11.0. The van der Waals surface area contributed by atoms with Gasteiger partial charge in [0.25, 0.3) is 5.56 Å². The average molecular weight is 320 g/mol. The second-order valence-corrected chi connectivity index (χ2v) is 5.50. The lowest BCUT2D eigenvalue weighted by Gasteiger charge is -2.07. The molecule has 24 heavy (non-hydrogen) atoms. The molecule has 0 saturated carbocycles. The van der Waals surface area contributed by atoms with Crippen LogP contribution in [-0.4, -0.2) is 9.55 Å². The van der Waals surface area contributed by atoms with Crippen LogP contribution in [0.2, 0.25) is 0 Å². The molecule has 0 amide bonds. The van der Waals surface area contributed by atoms with Crippen molar-refractivity contribution in [2.45, 2.75) is 6.54 Å². The van der Waals surface area contributed by atoms with Crippen LogP contribution in [0.15, 0.2) is 76.4 Å². The highest BCUT2D eigenvalue weighted by molar-refractivity contribution is 5.83. The Morgan fingerprint density at radius 2 is 1.83 bits per heavy atom. The maximum atomic E-state index is 13.0. The molecule has 0 aliphatic rings. The van der Waals surface area contributed by atoms with Gasteiger partial charge >= 0.3 is 0 Å². The maximum Gasteiger partial charge on any atom is 0.261 e. The first-order valence-corrected chi connectivity index (χ1v) is 7.48. The SMILES string of the molecule is O=c1c2ccc(-c3ccc(F)cc3)cc2ncn1Cc1ccco1. The van der Waals surface area contributed by atoms with Crippen LogP contribution in [-0.2, 0) is 6.54 Å². The Morgan fingerprint density at radius 3 is 2.58 bits per heavy atom. The van der Waals surface area contributed by atoms with E-state index in [9.17, 15) is 9.18 Å². The lowest BCUT2D eigenvalue weighted by atomic mass is 10.0. The van der Waals surface area contributed by atoms with E-state index in [0.29, 0.717) is 23.2 Å². The lowest BCUT2D eigenvalue weighted by Crippen LogP contribution is -2.20. The van der Waals surface area contributed by atoms with Crippen molar-refractivity contribution < 1.29 is 8.81 Å². The van der Waals surface area contributed by atoms with E-state index in [1.165, 1.54) is 23.0 Å². The van der Waals surface area contributed by atoms with Crippen LogP contribution in [0.25, 0.3) is 22.0 Å². The van der Waals surface area contributed by atoms with Crippen molar-refractivity contribution in [3.63, 3.8) is 0 Å². The molecule has 118 valence electrons. The van der Waals surface area contributed by atoms with E-state index in [0.717, 1.165) is 11.1 Å². The van der Waals surface area contributed by atoms with E-state index in [-0.39, 0.29) is 11.4 Å². The average Bonchev–Trinajstić information content (AvgIpc) is 3.11. The smallest absolute Gasteiger partial charge is 0.261 e. The van der Waals surface area contributed by atoms with Crippen molar-refractivity contribution in [1.82, 2.24) is 9.55 Å². The van der Waals surface area contributed by atoms with Crippen LogP contribution < -0.4 is 5.56 Å². The summed E-state index contributed by atoms with van der Waals surface area (Å²) in [5.41, 5.74) is 2.25. The molecule has 4 aromatic rings. The third-order valence-corrected chi connectivity index (χ3v) is 3.91. The second kappa shape index (κ2) is 5.77. The van der Waals surface area contributed by atoms with Crippen molar-refractivity contribution >= 4 is 10.9 Å². The van der Waals surface area contributed by atoms with Crippen LogP contribution >= 0.6 is 0 Å². The fraction of sp³-hybridized carbons (Fsp3) is 0.0526. The highest BCUT2D eigenvalue weighted by Gasteiger charge is 2.08. The first kappa shape index (κ1) is 14.4. The molecule has 2 aromatic carbocycles. The highest BCUT2D eigenvalue weighted by Crippen LogP contribution is 2.22. The van der Waals surface area contributed by atoms with Gasteiger partial charge in [0.05, 0.1) is 30.0 Å². The number of furan rings is 1. The fourth-order valence-electron chi connectivity index (χ4n) is 2.66. The molecular weight excluding hydrogens is 307 g/mol. The van der Waals surface area contributed by atoms with Gasteiger partial charge in [-0.3, -0.25) is 9.36 Å². The summed E-state index contributed by atoms with van der Waals surface area (Å²) < 4.78 is 19.8. The van der Waals surface area contributed by atoms with Gasteiger partial charge in [0.1, 0.15) is 11.6 Å². The fourth-order valence-corrected chi connectivity index (χ4v) is 2.66. The van der Waals surface area contributed by atoms with Gasteiger partial charge in [-0.2, -0.15) is 0 Å². The highest BCUT2D eigenvalue weighted by atomic mass is 19.1. The minimum atomic E-state index is -0.279. The topological polar surface area (TPSA) is 48.0 Å². The Hall–Kier alpha value is -3.21. The molecule has 0 aliphatic carbocycles. The van der Waals surface area contributed by atoms with Gasteiger partial charge in [0, 0.05) is 0 Å². The van der Waals surface area contributed by atoms with Crippen molar-refractivity contribution in [2.24, 2.45) is 0 Å². The minimum Gasteiger partial charge on any atom is -0.467 e. The van der Waals surface area contributed by atoms with E-state index in [4.69, 9.17) is 4.42 Å². The lowest BCUT2D eigenvalue weighted by molar-refractivity contribution is 0.489. The van der Waals surface area contributed by atoms with Crippen LogP contribution in [0, 0.1) is 5.82 Å². The van der Waals surface area contributed by atoms with Gasteiger partial charge in [-0.05, 0) is 47.5 Å². The summed E-state index contributed by atoms with van der Waals surface area (Å²) in [5, 5.41) is 0.537. The summed E-state index contributed by atoms with van der Waals surface area (Å²) in [5.74, 6) is 0.416. The zero-order valence-electron chi connectivity index (χ0n) is 12.6. The molecule has 0 saturated heterocycles. The minimum absolute atomic E-state index is 0.123. The van der Waals surface area contributed by atoms with Crippen LogP contribution in [0.5, 0.6) is 0 Å². The summed E-state index contributed by atoms with van der Waals surface area (Å²) in [6.07, 6.45) is 3.09. The molecule has 0 aliphatic heterocycles. The largest absolute Gasteiger partial charge is 0.467 e. The number of fused-ring (bicyclic) bond motifs is 1. The zero-order chi connectivity index (χ0) is 16.5. The van der Waals surface area contributed by atoms with E-state index in [1.54, 1.807) is 30.5 Å². The summed E-state index contributed by atoms with van der Waals surface area (Å²) in [6, 6.07) is 15.3. The quantitative estimate of drug-likeness (QED) is 0.576. The van der Waals surface area contributed by atoms with E-state index in [2.05, 4.69) is 4.98 Å². The first-order valence-electron chi connectivity index (χ1n) is 7.48. The van der Waals surface area contributed by atoms with E-state index >= 15 is 0 Å². The van der Waals surface area contributed by atoms with Crippen molar-refractivity contribution in [3.8, 4) is 11.1 Å². The number of nitrogens with zero attached hydrogens (tertiary/aromatic N) is 2. The molecule has 5 heteroatoms. The van der Waals surface area contributed by atoms with Gasteiger partial charge in [0.15, 0.2) is 0 Å². The van der Waals surface area contributed by atoms with Crippen LogP contribution in [0.4, 0.5) is 4.39 Å². The zero-order valence-corrected chi connectivity index (χ0v) is 12.6. The Kier molecular flexibility index (Phi) is 3.46. The molecule has 2 heterocycles. The first-order chi connectivity index (χ1) is 11.7.